The van der Waals surface area contributed by atoms with Crippen molar-refractivity contribution in [2.24, 2.45) is 5.92 Å². The highest BCUT2D eigenvalue weighted by Crippen LogP contribution is 2.50. The van der Waals surface area contributed by atoms with Crippen molar-refractivity contribution >= 4 is 0 Å². The second-order valence-electron chi connectivity index (χ2n) is 4.24. The molecule has 4 nitrogen and oxygen atoms in total. The van der Waals surface area contributed by atoms with Gasteiger partial charge in [-0.2, -0.15) is 0 Å². The van der Waals surface area contributed by atoms with Crippen LogP contribution in [0.1, 0.15) is 17.9 Å². The lowest BCUT2D eigenvalue weighted by Gasteiger charge is -2.14. The van der Waals surface area contributed by atoms with Crippen LogP contribution in [-0.2, 0) is 0 Å². The summed E-state index contributed by atoms with van der Waals surface area (Å²) in [6.45, 7) is 0.237. The highest BCUT2D eigenvalue weighted by molar-refractivity contribution is 5.55. The molecule has 0 radical (unpaired) electrons. The van der Waals surface area contributed by atoms with Crippen LogP contribution >= 0.6 is 0 Å². The van der Waals surface area contributed by atoms with Gasteiger partial charge in [-0.1, -0.05) is 0 Å². The summed E-state index contributed by atoms with van der Waals surface area (Å²) in [5.41, 5.74) is 1.14. The van der Waals surface area contributed by atoms with Crippen molar-refractivity contribution in [3.8, 4) is 17.2 Å². The Hall–Kier alpha value is -1.42. The molecule has 17 heavy (non-hydrogen) atoms. The van der Waals surface area contributed by atoms with Crippen LogP contribution in [0.4, 0.5) is 0 Å². The molecule has 0 spiro atoms. The van der Waals surface area contributed by atoms with Gasteiger partial charge in [0.2, 0.25) is 5.75 Å². The molecule has 1 fully saturated rings. The van der Waals surface area contributed by atoms with Crippen LogP contribution < -0.4 is 14.2 Å². The van der Waals surface area contributed by atoms with Gasteiger partial charge in [0.25, 0.3) is 0 Å². The number of benzene rings is 1. The lowest BCUT2D eigenvalue weighted by Crippen LogP contribution is -1.97. The topological polar surface area (TPSA) is 47.9 Å². The Labute approximate surface area is 101 Å². The van der Waals surface area contributed by atoms with Crippen molar-refractivity contribution in [2.75, 3.05) is 27.9 Å². The monoisotopic (exact) mass is 238 g/mol. The van der Waals surface area contributed by atoms with Crippen LogP contribution in [0.15, 0.2) is 12.1 Å². The largest absolute Gasteiger partial charge is 0.493 e. The number of aliphatic hydroxyl groups excluding tert-OH is 1. The van der Waals surface area contributed by atoms with Crippen molar-refractivity contribution in [1.82, 2.24) is 0 Å². The van der Waals surface area contributed by atoms with Crippen molar-refractivity contribution in [3.63, 3.8) is 0 Å². The molecule has 2 rings (SSSR count). The molecule has 2 atom stereocenters. The number of ether oxygens (including phenoxy) is 3. The zero-order valence-corrected chi connectivity index (χ0v) is 10.4. The molecule has 0 heterocycles. The molecular weight excluding hydrogens is 220 g/mol. The molecule has 94 valence electrons. The van der Waals surface area contributed by atoms with Gasteiger partial charge in [-0.3, -0.25) is 0 Å². The first kappa shape index (κ1) is 12.0. The van der Waals surface area contributed by atoms with Gasteiger partial charge in [0.05, 0.1) is 21.3 Å². The van der Waals surface area contributed by atoms with Crippen LogP contribution in [0.2, 0.25) is 0 Å². The zero-order chi connectivity index (χ0) is 12.4. The highest BCUT2D eigenvalue weighted by Gasteiger charge is 2.38. The summed E-state index contributed by atoms with van der Waals surface area (Å²) in [6.07, 6.45) is 1.02. The molecule has 1 aliphatic carbocycles. The Balaban J connectivity index is 2.35. The van der Waals surface area contributed by atoms with E-state index in [0.717, 1.165) is 12.0 Å². The standard InChI is InChI=1S/C13H18O4/c1-15-11-5-8(10-4-9(10)7-14)6-12(16-2)13(11)17-3/h5-6,9-10,14H,4,7H2,1-3H3/t9-,10+/m1/s1. The van der Waals surface area contributed by atoms with E-state index in [-0.39, 0.29) is 6.61 Å². The maximum atomic E-state index is 9.10. The van der Waals surface area contributed by atoms with Gasteiger partial charge >= 0.3 is 0 Å². The summed E-state index contributed by atoms with van der Waals surface area (Å²) in [4.78, 5) is 0. The summed E-state index contributed by atoms with van der Waals surface area (Å²) < 4.78 is 15.9. The molecule has 1 aromatic rings. The summed E-state index contributed by atoms with van der Waals surface area (Å²) >= 11 is 0. The van der Waals surface area contributed by atoms with E-state index >= 15 is 0 Å². The molecule has 1 aromatic carbocycles. The highest BCUT2D eigenvalue weighted by atomic mass is 16.5. The molecule has 4 heteroatoms. The lowest BCUT2D eigenvalue weighted by atomic mass is 10.1. The zero-order valence-electron chi connectivity index (χ0n) is 10.4. The molecule has 0 unspecified atom stereocenters. The van der Waals surface area contributed by atoms with Gasteiger partial charge in [0.15, 0.2) is 11.5 Å². The quantitative estimate of drug-likeness (QED) is 0.850. The number of aliphatic hydroxyl groups is 1. The number of hydrogen-bond acceptors (Lipinski definition) is 4. The van der Waals surface area contributed by atoms with E-state index in [1.54, 1.807) is 21.3 Å². The Morgan fingerprint density at radius 3 is 2.06 bits per heavy atom. The minimum Gasteiger partial charge on any atom is -0.493 e. The predicted molar refractivity (Wildman–Crippen MR) is 64.0 cm³/mol. The van der Waals surface area contributed by atoms with Gasteiger partial charge in [0.1, 0.15) is 0 Å². The van der Waals surface area contributed by atoms with Crippen LogP contribution in [-0.4, -0.2) is 33.0 Å². The average Bonchev–Trinajstić information content (AvgIpc) is 3.16. The Morgan fingerprint density at radius 1 is 1.12 bits per heavy atom. The molecule has 1 aliphatic rings. The van der Waals surface area contributed by atoms with Crippen LogP contribution in [0.5, 0.6) is 17.2 Å². The van der Waals surface area contributed by atoms with Crippen LogP contribution in [0.25, 0.3) is 0 Å². The second-order valence-corrected chi connectivity index (χ2v) is 4.24. The van der Waals surface area contributed by atoms with E-state index in [0.29, 0.717) is 29.1 Å². The third-order valence-electron chi connectivity index (χ3n) is 3.27. The normalized spacial score (nSPS) is 22.1. The molecule has 0 aromatic heterocycles. The third kappa shape index (κ3) is 2.17. The van der Waals surface area contributed by atoms with Crippen molar-refractivity contribution < 1.29 is 19.3 Å². The first-order valence-corrected chi connectivity index (χ1v) is 5.65. The smallest absolute Gasteiger partial charge is 0.203 e. The molecule has 0 aliphatic heterocycles. The molecule has 1 saturated carbocycles. The van der Waals surface area contributed by atoms with E-state index in [9.17, 15) is 0 Å². The molecule has 1 N–H and O–H groups in total. The van der Waals surface area contributed by atoms with E-state index in [1.165, 1.54) is 0 Å². The van der Waals surface area contributed by atoms with Gasteiger partial charge in [-0.05, 0) is 36.0 Å². The molecule has 0 amide bonds. The predicted octanol–water partition coefficient (Wildman–Crippen LogP) is 1.81. The minimum atomic E-state index is 0.237. The Bertz CT molecular complexity index is 377. The number of rotatable bonds is 5. The molecular formula is C13H18O4. The van der Waals surface area contributed by atoms with Crippen LogP contribution in [0, 0.1) is 5.92 Å². The fraction of sp³-hybridized carbons (Fsp3) is 0.538. The van der Waals surface area contributed by atoms with Crippen molar-refractivity contribution in [2.45, 2.75) is 12.3 Å². The average molecular weight is 238 g/mol. The van der Waals surface area contributed by atoms with Crippen molar-refractivity contribution in [1.29, 1.82) is 0 Å². The third-order valence-corrected chi connectivity index (χ3v) is 3.27. The molecule has 0 saturated heterocycles. The SMILES string of the molecule is COc1cc([C@@H]2C[C@@H]2CO)cc(OC)c1OC. The maximum Gasteiger partial charge on any atom is 0.203 e. The van der Waals surface area contributed by atoms with E-state index in [2.05, 4.69) is 0 Å². The van der Waals surface area contributed by atoms with Crippen LogP contribution in [0.3, 0.4) is 0 Å². The first-order valence-electron chi connectivity index (χ1n) is 5.65. The van der Waals surface area contributed by atoms with Gasteiger partial charge in [-0.25, -0.2) is 0 Å². The number of methoxy groups -OCH3 is 3. The Kier molecular flexibility index (Phi) is 3.43. The second kappa shape index (κ2) is 4.84. The van der Waals surface area contributed by atoms with Gasteiger partial charge in [-0.15, -0.1) is 0 Å². The summed E-state index contributed by atoms with van der Waals surface area (Å²) in [5.74, 6) is 2.74. The summed E-state index contributed by atoms with van der Waals surface area (Å²) in [6, 6.07) is 3.92. The minimum absolute atomic E-state index is 0.237. The summed E-state index contributed by atoms with van der Waals surface area (Å²) in [7, 11) is 4.81. The van der Waals surface area contributed by atoms with E-state index < -0.39 is 0 Å². The van der Waals surface area contributed by atoms with Crippen molar-refractivity contribution in [3.05, 3.63) is 17.7 Å². The fourth-order valence-corrected chi connectivity index (χ4v) is 2.17. The van der Waals surface area contributed by atoms with E-state index in [1.807, 2.05) is 12.1 Å². The van der Waals surface area contributed by atoms with Gasteiger partial charge in [0, 0.05) is 6.61 Å². The van der Waals surface area contributed by atoms with Gasteiger partial charge < -0.3 is 19.3 Å². The molecule has 0 bridgehead atoms. The fourth-order valence-electron chi connectivity index (χ4n) is 2.17. The number of hydrogen-bond donors (Lipinski definition) is 1. The maximum absolute atomic E-state index is 9.10. The Morgan fingerprint density at radius 2 is 1.71 bits per heavy atom. The first-order chi connectivity index (χ1) is 8.24. The van der Waals surface area contributed by atoms with E-state index in [4.69, 9.17) is 19.3 Å². The lowest BCUT2D eigenvalue weighted by molar-refractivity contribution is 0.273. The summed E-state index contributed by atoms with van der Waals surface area (Å²) in [5, 5.41) is 9.10.